The van der Waals surface area contributed by atoms with Gasteiger partial charge in [-0.2, -0.15) is 0 Å². The minimum Gasteiger partial charge on any atom is -0.478 e. The summed E-state index contributed by atoms with van der Waals surface area (Å²) in [5.74, 6) is -1.42. The molecule has 0 aliphatic carbocycles. The van der Waals surface area contributed by atoms with Gasteiger partial charge < -0.3 is 15.7 Å². The van der Waals surface area contributed by atoms with Gasteiger partial charge in [0.05, 0.1) is 21.6 Å². The zero-order valence-corrected chi connectivity index (χ0v) is 18.2. The number of carbonyl (C=O) groups excluding carboxylic acids is 2. The van der Waals surface area contributed by atoms with Crippen molar-refractivity contribution < 1.29 is 19.5 Å². The quantitative estimate of drug-likeness (QED) is 0.264. The highest BCUT2D eigenvalue weighted by atomic mass is 35.5. The lowest BCUT2D eigenvalue weighted by Gasteiger charge is -2.11. The number of amides is 1. The van der Waals surface area contributed by atoms with E-state index in [1.807, 2.05) is 5.38 Å². The molecule has 0 aliphatic rings. The van der Waals surface area contributed by atoms with E-state index in [1.165, 1.54) is 23.9 Å². The predicted molar refractivity (Wildman–Crippen MR) is 125 cm³/mol. The number of hydrogen-bond donors (Lipinski definition) is 3. The monoisotopic (exact) mass is 479 g/mol. The number of carboxylic acid groups (broad SMARTS) is 1. The van der Waals surface area contributed by atoms with Crippen molar-refractivity contribution >= 4 is 68.8 Å². The van der Waals surface area contributed by atoms with Crippen LogP contribution in [0.25, 0.3) is 10.9 Å². The number of pyridine rings is 1. The van der Waals surface area contributed by atoms with E-state index in [9.17, 15) is 14.4 Å². The summed E-state index contributed by atoms with van der Waals surface area (Å²) in [7, 11) is 0. The Kier molecular flexibility index (Phi) is 6.38. The molecule has 4 rings (SSSR count). The maximum absolute atomic E-state index is 12.6. The van der Waals surface area contributed by atoms with Gasteiger partial charge >= 0.3 is 5.97 Å². The zero-order valence-electron chi connectivity index (χ0n) is 16.7. The number of nitrogens with one attached hydrogen (secondary N) is 2. The van der Waals surface area contributed by atoms with Crippen LogP contribution in [0.4, 0.5) is 17.3 Å². The van der Waals surface area contributed by atoms with Crippen LogP contribution in [0.1, 0.15) is 15.2 Å². The maximum atomic E-state index is 12.6. The molecular formula is C22H14ClN5O4S. The lowest BCUT2D eigenvalue weighted by Crippen LogP contribution is -2.10. The average Bonchev–Trinajstić information content (AvgIpc) is 3.33. The molecule has 0 bridgehead atoms. The first-order valence-electron chi connectivity index (χ1n) is 9.38. The maximum Gasteiger partial charge on any atom is 0.328 e. The summed E-state index contributed by atoms with van der Waals surface area (Å²) < 4.78 is 0. The molecule has 4 aromatic rings. The predicted octanol–water partition coefficient (Wildman–Crippen LogP) is 4.29. The molecule has 33 heavy (non-hydrogen) atoms. The molecule has 164 valence electrons. The lowest BCUT2D eigenvalue weighted by molar-refractivity contribution is -0.131. The van der Waals surface area contributed by atoms with Gasteiger partial charge in [-0.1, -0.05) is 17.7 Å². The third-order valence-corrected chi connectivity index (χ3v) is 5.55. The number of fused-ring (bicyclic) bond motifs is 1. The molecule has 3 aromatic heterocycles. The number of thiophene rings is 1. The van der Waals surface area contributed by atoms with Gasteiger partial charge in [-0.25, -0.2) is 19.7 Å². The van der Waals surface area contributed by atoms with Gasteiger partial charge in [0, 0.05) is 28.8 Å². The number of rotatable bonds is 7. The molecule has 0 unspecified atom stereocenters. The first-order chi connectivity index (χ1) is 15.9. The van der Waals surface area contributed by atoms with Gasteiger partial charge in [-0.3, -0.25) is 9.59 Å². The van der Waals surface area contributed by atoms with Crippen LogP contribution in [0.5, 0.6) is 0 Å². The van der Waals surface area contributed by atoms with E-state index in [2.05, 4.69) is 25.6 Å². The van der Waals surface area contributed by atoms with E-state index in [-0.39, 0.29) is 16.6 Å². The molecule has 0 spiro atoms. The number of nitrogens with zero attached hydrogens (tertiary/aromatic N) is 3. The van der Waals surface area contributed by atoms with E-state index in [0.29, 0.717) is 32.8 Å². The Morgan fingerprint density at radius 3 is 2.64 bits per heavy atom. The first kappa shape index (κ1) is 22.1. The van der Waals surface area contributed by atoms with E-state index in [4.69, 9.17) is 16.7 Å². The molecule has 0 atom stereocenters. The summed E-state index contributed by atoms with van der Waals surface area (Å²) in [5, 5.41) is 16.9. The van der Waals surface area contributed by atoms with Crippen molar-refractivity contribution in [2.45, 2.75) is 0 Å². The second-order valence-electron chi connectivity index (χ2n) is 6.60. The molecule has 0 saturated heterocycles. The Morgan fingerprint density at radius 2 is 1.91 bits per heavy atom. The van der Waals surface area contributed by atoms with Gasteiger partial charge in [0.1, 0.15) is 18.0 Å². The highest BCUT2D eigenvalue weighted by Crippen LogP contribution is 2.29. The SMILES string of the molecule is O=C(O)C=CC(=O)Nc1cc2c(Nc3ccc(C(=O)c4cccs4)c(Cl)c3)ncnc2cn1. The first-order valence-corrected chi connectivity index (χ1v) is 10.6. The zero-order chi connectivity index (χ0) is 23.4. The average molecular weight is 480 g/mol. The number of aromatic nitrogens is 3. The molecule has 0 fully saturated rings. The summed E-state index contributed by atoms with van der Waals surface area (Å²) in [5.41, 5.74) is 1.50. The molecule has 9 nitrogen and oxygen atoms in total. The van der Waals surface area contributed by atoms with Crippen molar-refractivity contribution in [2.24, 2.45) is 0 Å². The topological polar surface area (TPSA) is 134 Å². The molecule has 3 N–H and O–H groups in total. The van der Waals surface area contributed by atoms with Crippen LogP contribution in [-0.4, -0.2) is 37.7 Å². The second kappa shape index (κ2) is 9.55. The summed E-state index contributed by atoms with van der Waals surface area (Å²) in [6.07, 6.45) is 4.42. The van der Waals surface area contributed by atoms with E-state index < -0.39 is 11.9 Å². The summed E-state index contributed by atoms with van der Waals surface area (Å²) in [4.78, 5) is 48.1. The van der Waals surface area contributed by atoms with Crippen molar-refractivity contribution in [2.75, 3.05) is 10.6 Å². The number of carbonyl (C=O) groups is 3. The minimum absolute atomic E-state index is 0.155. The van der Waals surface area contributed by atoms with E-state index in [0.717, 1.165) is 12.2 Å². The van der Waals surface area contributed by atoms with Crippen LogP contribution in [-0.2, 0) is 9.59 Å². The molecule has 3 heterocycles. The fourth-order valence-electron chi connectivity index (χ4n) is 2.90. The largest absolute Gasteiger partial charge is 0.478 e. The Labute approximate surface area is 195 Å². The van der Waals surface area contributed by atoms with Crippen LogP contribution in [0.3, 0.4) is 0 Å². The van der Waals surface area contributed by atoms with Crippen LogP contribution in [0.2, 0.25) is 5.02 Å². The molecule has 0 radical (unpaired) electrons. The lowest BCUT2D eigenvalue weighted by atomic mass is 10.1. The third kappa shape index (κ3) is 5.20. The fourth-order valence-corrected chi connectivity index (χ4v) is 3.84. The molecule has 0 saturated carbocycles. The van der Waals surface area contributed by atoms with Crippen LogP contribution in [0.15, 0.2) is 66.5 Å². The van der Waals surface area contributed by atoms with Crippen molar-refractivity contribution in [3.05, 3.63) is 81.9 Å². The number of hydrogen-bond acceptors (Lipinski definition) is 8. The van der Waals surface area contributed by atoms with Crippen molar-refractivity contribution in [1.29, 1.82) is 0 Å². The molecule has 1 aromatic carbocycles. The van der Waals surface area contributed by atoms with Crippen LogP contribution < -0.4 is 10.6 Å². The van der Waals surface area contributed by atoms with Gasteiger partial charge in [0.15, 0.2) is 0 Å². The van der Waals surface area contributed by atoms with E-state index in [1.54, 1.807) is 36.4 Å². The minimum atomic E-state index is -1.24. The standard InChI is InChI=1S/C22H14ClN5O4S/c23-15-8-12(3-4-13(15)21(32)17-2-1-7-33-17)27-22-14-9-18(24-10-16(14)25-11-26-22)28-19(29)5-6-20(30)31/h1-11H,(H,30,31)(H,24,28,29)(H,25,26,27). The highest BCUT2D eigenvalue weighted by Gasteiger charge is 2.15. The molecular weight excluding hydrogens is 466 g/mol. The summed E-state index contributed by atoms with van der Waals surface area (Å²) in [6.45, 7) is 0. The van der Waals surface area contributed by atoms with Crippen molar-refractivity contribution in [1.82, 2.24) is 15.0 Å². The van der Waals surface area contributed by atoms with Crippen LogP contribution in [0, 0.1) is 0 Å². The second-order valence-corrected chi connectivity index (χ2v) is 7.95. The smallest absolute Gasteiger partial charge is 0.328 e. The Balaban J connectivity index is 1.59. The Bertz CT molecular complexity index is 1410. The van der Waals surface area contributed by atoms with E-state index >= 15 is 0 Å². The van der Waals surface area contributed by atoms with Gasteiger partial charge in [0.2, 0.25) is 11.7 Å². The molecule has 11 heteroatoms. The van der Waals surface area contributed by atoms with Gasteiger partial charge in [0.25, 0.3) is 0 Å². The molecule has 1 amide bonds. The highest BCUT2D eigenvalue weighted by molar-refractivity contribution is 7.12. The number of carboxylic acids is 1. The number of benzene rings is 1. The Morgan fingerprint density at radius 1 is 1.06 bits per heavy atom. The number of halogens is 1. The number of ketones is 1. The van der Waals surface area contributed by atoms with Crippen molar-refractivity contribution in [3.63, 3.8) is 0 Å². The summed E-state index contributed by atoms with van der Waals surface area (Å²) >= 11 is 7.71. The van der Waals surface area contributed by atoms with Crippen LogP contribution >= 0.6 is 22.9 Å². The third-order valence-electron chi connectivity index (χ3n) is 4.37. The molecule has 0 aliphatic heterocycles. The Hall–Kier alpha value is -4.15. The van der Waals surface area contributed by atoms with Crippen molar-refractivity contribution in [3.8, 4) is 0 Å². The normalized spacial score (nSPS) is 10.9. The number of anilines is 3. The number of aliphatic carboxylic acids is 1. The van der Waals surface area contributed by atoms with Gasteiger partial charge in [-0.15, -0.1) is 11.3 Å². The van der Waals surface area contributed by atoms with Gasteiger partial charge in [-0.05, 0) is 35.7 Å². The fraction of sp³-hybridized carbons (Fsp3) is 0. The summed E-state index contributed by atoms with van der Waals surface area (Å²) in [6, 6.07) is 10.1.